The Morgan fingerprint density at radius 2 is 0.500 bits per heavy atom. The zero-order valence-electron chi connectivity index (χ0n) is 2.81. The first kappa shape index (κ1) is 487. The topological polar surface area (TPSA) is 120 Å². The quantitative estimate of drug-likeness (QED) is 0.368. The second-order valence-electron chi connectivity index (χ2n) is 0. The van der Waals surface area contributed by atoms with Crippen molar-refractivity contribution in [3.05, 3.63) is 0 Å². The Morgan fingerprint density at radius 1 is 0.500 bits per heavy atom. The van der Waals surface area contributed by atoms with E-state index < -0.39 is 0 Å². The molecule has 0 saturated heterocycles. The van der Waals surface area contributed by atoms with Crippen LogP contribution in [0.15, 0.2) is 0 Å². The molecule has 0 heterocycles. The van der Waals surface area contributed by atoms with Crippen molar-refractivity contribution in [2.45, 2.75) is 0 Å². The van der Waals surface area contributed by atoms with Crippen LogP contribution in [0.3, 0.4) is 0 Å². The van der Waals surface area contributed by atoms with Crippen molar-refractivity contribution in [1.29, 1.82) is 0 Å². The molecule has 0 saturated carbocycles. The number of rotatable bonds is 0. The molecule has 0 aliphatic rings. The predicted octanol–water partition coefficient (Wildman–Crippen LogP) is -1.62. The summed E-state index contributed by atoms with van der Waals surface area (Å²) >= 11 is 0. The molecule has 4 N–H and O–H groups in total. The van der Waals surface area contributed by atoms with Gasteiger partial charge in [0.2, 0.25) is 0 Å². The summed E-state index contributed by atoms with van der Waals surface area (Å²) in [6.45, 7) is 0. The molecule has 0 aliphatic heterocycles. The van der Waals surface area contributed by atoms with Crippen molar-refractivity contribution >= 4 is 17.4 Å². The molecule has 0 aliphatic carbocycles. The summed E-state index contributed by atoms with van der Waals surface area (Å²) in [6.07, 6.45) is 0. The van der Waals surface area contributed by atoms with Crippen LogP contribution in [0.4, 0.5) is 0 Å². The smallest absolute Gasteiger partial charge is 0.870 e. The van der Waals surface area contributed by atoms with Gasteiger partial charge in [0.1, 0.15) is 0 Å². The molecule has 6 heteroatoms. The molecule has 0 rings (SSSR count). The average molecular weight is 132 g/mol. The van der Waals surface area contributed by atoms with Gasteiger partial charge in [-0.3, -0.25) is 0 Å². The van der Waals surface area contributed by atoms with Gasteiger partial charge in [0.25, 0.3) is 0 Å². The fraction of sp³-hybridized carbons (Fsp3) is 0. The van der Waals surface area contributed by atoms with Crippen LogP contribution in [-0.4, -0.2) is 39.3 Å². The molecule has 0 amide bonds. The van der Waals surface area contributed by atoms with Crippen molar-refractivity contribution in [2.75, 3.05) is 0 Å². The van der Waals surface area contributed by atoms with Crippen LogP contribution in [0.2, 0.25) is 0 Å². The minimum Gasteiger partial charge on any atom is -0.870 e. The van der Waals surface area contributed by atoms with Crippen LogP contribution < -0.4 is 0 Å². The van der Waals surface area contributed by atoms with E-state index >= 15 is 0 Å². The minimum absolute atomic E-state index is 0. The molecule has 0 aromatic rings. The molecule has 6 heavy (non-hydrogen) atoms. The summed E-state index contributed by atoms with van der Waals surface area (Å²) in [4.78, 5) is 0. The fourth-order valence-corrected chi connectivity index (χ4v) is 0. The summed E-state index contributed by atoms with van der Waals surface area (Å²) in [5, 5.41) is 0. The van der Waals surface area contributed by atoms with Gasteiger partial charge in [0.15, 0.2) is 0 Å². The Balaban J connectivity index is 0. The Morgan fingerprint density at radius 3 is 0.500 bits per heavy atom. The van der Waals surface area contributed by atoms with E-state index in [9.17, 15) is 0 Å². The average Bonchev–Trinajstić information content (AvgIpc) is 0. The van der Waals surface area contributed by atoms with E-state index in [0.717, 1.165) is 0 Å². The maximum Gasteiger partial charge on any atom is 3.00 e. The van der Waals surface area contributed by atoms with Crippen LogP contribution >= 0.6 is 0 Å². The van der Waals surface area contributed by atoms with Crippen molar-refractivity contribution in [3.8, 4) is 0 Å². The fourth-order valence-electron chi connectivity index (χ4n) is 0. The molecule has 0 bridgehead atoms. The monoisotopic (exact) mass is 132 g/mol. The number of halogens is 1. The Bertz CT molecular complexity index is 7.51. The van der Waals surface area contributed by atoms with Crippen molar-refractivity contribution in [3.63, 3.8) is 0 Å². The molecule has 0 fully saturated rings. The zero-order chi connectivity index (χ0) is 0. The van der Waals surface area contributed by atoms with Gasteiger partial charge in [-0.25, -0.2) is 0 Å². The van der Waals surface area contributed by atoms with Gasteiger partial charge in [-0.1, -0.05) is 0 Å². The molecule has 0 atom stereocenters. The van der Waals surface area contributed by atoms with E-state index in [1.807, 2.05) is 0 Å². The van der Waals surface area contributed by atoms with Gasteiger partial charge in [-0.2, -0.15) is 0 Å². The third-order valence-electron chi connectivity index (χ3n) is 0. The summed E-state index contributed by atoms with van der Waals surface area (Å²) in [5.74, 6) is 0. The molecular formula is H6AlClO4. The maximum absolute atomic E-state index is 0. The Kier molecular flexibility index (Phi) is 22800. The van der Waals surface area contributed by atoms with E-state index in [1.54, 1.807) is 0 Å². The molecule has 0 aromatic carbocycles. The van der Waals surface area contributed by atoms with Gasteiger partial charge >= 0.3 is 17.4 Å². The first-order chi connectivity index (χ1) is 0. The number of hydrogen-bond donors (Lipinski definition) is 0. The second kappa shape index (κ2) is 280. The second-order valence-corrected chi connectivity index (χ2v) is 0. The molecule has 0 spiro atoms. The molecule has 4 nitrogen and oxygen atoms in total. The van der Waals surface area contributed by atoms with Crippen LogP contribution in [-0.2, 0) is 0 Å². The number of hydrogen-bond acceptors (Lipinski definition) is 4. The van der Waals surface area contributed by atoms with Gasteiger partial charge in [-0.15, -0.1) is 0 Å². The van der Waals surface area contributed by atoms with Gasteiger partial charge < -0.3 is 21.9 Å². The standard InChI is InChI=1S/Al.ClH2.4H2O/h;5*1H2/q+3;+1;;;;/p-4. The van der Waals surface area contributed by atoms with Gasteiger partial charge in [-0.05, 0) is 0 Å². The predicted molar refractivity (Wildman–Crippen MR) is 16.3 cm³/mol. The Hall–Kier alpha value is 0.662. The third kappa shape index (κ3) is 143. The molecular weight excluding hydrogens is 126 g/mol. The molecule has 40 valence electrons. The molecule has 0 unspecified atom stereocenters. The van der Waals surface area contributed by atoms with Crippen molar-refractivity contribution in [2.24, 2.45) is 0 Å². The Labute approximate surface area is 52.3 Å². The van der Waals surface area contributed by atoms with Crippen LogP contribution in [0, 0.1) is 12.4 Å². The van der Waals surface area contributed by atoms with Crippen LogP contribution in [0.5, 0.6) is 0 Å². The summed E-state index contributed by atoms with van der Waals surface area (Å²) in [6, 6.07) is 0. The van der Waals surface area contributed by atoms with Crippen LogP contribution in [0.25, 0.3) is 0 Å². The first-order valence-electron chi connectivity index (χ1n) is 0. The van der Waals surface area contributed by atoms with Crippen molar-refractivity contribution < 1.29 is 34.3 Å². The summed E-state index contributed by atoms with van der Waals surface area (Å²) < 4.78 is 0. The third-order valence-corrected chi connectivity index (χ3v) is 0. The molecule has 0 aromatic heterocycles. The SMILES string of the molecule is [Al+3].[ClH2+].[OH-].[OH-].[OH-].[OH-]. The normalized spacial score (nSPS) is 0. The zero-order valence-corrected chi connectivity index (χ0v) is 4.86. The summed E-state index contributed by atoms with van der Waals surface area (Å²) in [7, 11) is 0. The van der Waals surface area contributed by atoms with Crippen molar-refractivity contribution in [1.82, 2.24) is 0 Å². The summed E-state index contributed by atoms with van der Waals surface area (Å²) in [5.41, 5.74) is 0. The van der Waals surface area contributed by atoms with Gasteiger partial charge in [0, 0.05) is 0 Å². The first-order valence-corrected chi connectivity index (χ1v) is 0. The molecule has 0 radical (unpaired) electrons. The van der Waals surface area contributed by atoms with E-state index in [0.29, 0.717) is 0 Å². The van der Waals surface area contributed by atoms with Gasteiger partial charge in [0.05, 0.1) is 12.4 Å². The minimum atomic E-state index is 0. The van der Waals surface area contributed by atoms with E-state index in [1.165, 1.54) is 0 Å². The maximum atomic E-state index is 0. The van der Waals surface area contributed by atoms with Crippen LogP contribution in [0.1, 0.15) is 0 Å². The van der Waals surface area contributed by atoms with E-state index in [2.05, 4.69) is 0 Å². The largest absolute Gasteiger partial charge is 3.00 e. The van der Waals surface area contributed by atoms with E-state index in [4.69, 9.17) is 0 Å². The van der Waals surface area contributed by atoms with E-state index in [-0.39, 0.29) is 51.7 Å².